The number of carbonyl (C=O) groups is 1. The molecule has 1 N–H and O–H groups in total. The molecule has 1 saturated carbocycles. The third-order valence-corrected chi connectivity index (χ3v) is 3.84. The molecule has 0 aromatic heterocycles. The maximum absolute atomic E-state index is 12.2. The van der Waals surface area contributed by atoms with E-state index < -0.39 is 0 Å². The lowest BCUT2D eigenvalue weighted by Gasteiger charge is -2.27. The van der Waals surface area contributed by atoms with Gasteiger partial charge < -0.3 is 10.2 Å². The summed E-state index contributed by atoms with van der Waals surface area (Å²) in [6.07, 6.45) is 8.67. The first-order valence-corrected chi connectivity index (χ1v) is 7.68. The average molecular weight is 254 g/mol. The number of nitrogens with one attached hydrogen (secondary N) is 1. The van der Waals surface area contributed by atoms with Crippen LogP contribution in [0.15, 0.2) is 0 Å². The van der Waals surface area contributed by atoms with Crippen molar-refractivity contribution in [3.63, 3.8) is 0 Å². The van der Waals surface area contributed by atoms with Gasteiger partial charge in [-0.1, -0.05) is 32.6 Å². The van der Waals surface area contributed by atoms with Crippen LogP contribution in [-0.2, 0) is 4.79 Å². The van der Waals surface area contributed by atoms with Gasteiger partial charge in [0.05, 0.1) is 6.54 Å². The van der Waals surface area contributed by atoms with Gasteiger partial charge in [-0.25, -0.2) is 0 Å². The zero-order valence-electron chi connectivity index (χ0n) is 12.4. The third-order valence-electron chi connectivity index (χ3n) is 3.84. The molecular weight excluding hydrogens is 224 g/mol. The zero-order valence-corrected chi connectivity index (χ0v) is 12.4. The molecular formula is C15H30N2O. The molecule has 0 unspecified atom stereocenters. The highest BCUT2D eigenvalue weighted by Gasteiger charge is 2.19. The summed E-state index contributed by atoms with van der Waals surface area (Å²) < 4.78 is 0. The summed E-state index contributed by atoms with van der Waals surface area (Å²) in [7, 11) is 0. The predicted molar refractivity (Wildman–Crippen MR) is 76.6 cm³/mol. The Hall–Kier alpha value is -0.570. The smallest absolute Gasteiger partial charge is 0.236 e. The van der Waals surface area contributed by atoms with Crippen LogP contribution in [-0.4, -0.2) is 36.0 Å². The van der Waals surface area contributed by atoms with Crippen LogP contribution < -0.4 is 5.32 Å². The van der Waals surface area contributed by atoms with Crippen LogP contribution in [0.5, 0.6) is 0 Å². The number of unbranched alkanes of at least 4 members (excludes halogenated alkanes) is 2. The molecule has 0 aromatic rings. The lowest BCUT2D eigenvalue weighted by Crippen LogP contribution is -2.44. The van der Waals surface area contributed by atoms with Gasteiger partial charge in [-0.05, 0) is 33.1 Å². The largest absolute Gasteiger partial charge is 0.339 e. The molecule has 0 atom stereocenters. The molecule has 3 nitrogen and oxygen atoms in total. The highest BCUT2D eigenvalue weighted by molar-refractivity contribution is 5.78. The topological polar surface area (TPSA) is 32.3 Å². The van der Waals surface area contributed by atoms with E-state index in [1.807, 2.05) is 4.90 Å². The second-order valence-corrected chi connectivity index (χ2v) is 5.75. The minimum Gasteiger partial charge on any atom is -0.339 e. The Morgan fingerprint density at radius 1 is 1.28 bits per heavy atom. The van der Waals surface area contributed by atoms with Gasteiger partial charge in [0, 0.05) is 18.6 Å². The monoisotopic (exact) mass is 254 g/mol. The van der Waals surface area contributed by atoms with Gasteiger partial charge in [0.1, 0.15) is 0 Å². The van der Waals surface area contributed by atoms with Crippen LogP contribution in [0.1, 0.15) is 65.7 Å². The summed E-state index contributed by atoms with van der Waals surface area (Å²) >= 11 is 0. The van der Waals surface area contributed by atoms with Crippen molar-refractivity contribution in [3.8, 4) is 0 Å². The fraction of sp³-hybridized carbons (Fsp3) is 0.933. The Balaban J connectivity index is 2.28. The highest BCUT2D eigenvalue weighted by atomic mass is 16.2. The van der Waals surface area contributed by atoms with Crippen molar-refractivity contribution < 1.29 is 4.79 Å². The predicted octanol–water partition coefficient (Wildman–Crippen LogP) is 2.95. The lowest BCUT2D eigenvalue weighted by molar-refractivity contribution is -0.132. The van der Waals surface area contributed by atoms with E-state index in [-0.39, 0.29) is 5.91 Å². The molecule has 1 amide bonds. The van der Waals surface area contributed by atoms with Crippen molar-refractivity contribution in [2.45, 2.75) is 77.8 Å². The first kappa shape index (κ1) is 15.5. The number of carbonyl (C=O) groups excluding carboxylic acids is 1. The number of hydrogen-bond acceptors (Lipinski definition) is 2. The van der Waals surface area contributed by atoms with Crippen LogP contribution in [0.2, 0.25) is 0 Å². The first-order valence-electron chi connectivity index (χ1n) is 7.68. The number of amides is 1. The average Bonchev–Trinajstić information content (AvgIpc) is 2.84. The van der Waals surface area contributed by atoms with Crippen LogP contribution in [0.25, 0.3) is 0 Å². The maximum Gasteiger partial charge on any atom is 0.236 e. The van der Waals surface area contributed by atoms with Crippen LogP contribution in [0, 0.1) is 0 Å². The van der Waals surface area contributed by atoms with Crippen molar-refractivity contribution in [2.75, 3.05) is 13.1 Å². The third kappa shape index (κ3) is 5.38. The van der Waals surface area contributed by atoms with Gasteiger partial charge in [-0.15, -0.1) is 0 Å². The summed E-state index contributed by atoms with van der Waals surface area (Å²) in [6.45, 7) is 7.85. The van der Waals surface area contributed by atoms with Crippen molar-refractivity contribution in [1.82, 2.24) is 10.2 Å². The Kier molecular flexibility index (Phi) is 7.33. The molecule has 106 valence electrons. The summed E-state index contributed by atoms with van der Waals surface area (Å²) in [5.41, 5.74) is 0. The van der Waals surface area contributed by atoms with Crippen LogP contribution >= 0.6 is 0 Å². The van der Waals surface area contributed by atoms with E-state index in [1.165, 1.54) is 38.5 Å². The minimum absolute atomic E-state index is 0.271. The van der Waals surface area contributed by atoms with E-state index in [4.69, 9.17) is 0 Å². The SMILES string of the molecule is CCCCCN(C(=O)CNC1CCCC1)C(C)C. The Morgan fingerprint density at radius 3 is 2.50 bits per heavy atom. The Morgan fingerprint density at radius 2 is 1.94 bits per heavy atom. The zero-order chi connectivity index (χ0) is 13.4. The molecule has 0 spiro atoms. The number of hydrogen-bond donors (Lipinski definition) is 1. The highest BCUT2D eigenvalue weighted by Crippen LogP contribution is 2.17. The molecule has 18 heavy (non-hydrogen) atoms. The lowest BCUT2D eigenvalue weighted by atomic mass is 10.2. The standard InChI is InChI=1S/C15H30N2O/c1-4-5-8-11-17(13(2)3)15(18)12-16-14-9-6-7-10-14/h13-14,16H,4-12H2,1-3H3. The maximum atomic E-state index is 12.2. The van der Waals surface area contributed by atoms with Gasteiger partial charge in [0.25, 0.3) is 0 Å². The fourth-order valence-electron chi connectivity index (χ4n) is 2.67. The number of rotatable bonds is 8. The molecule has 1 aliphatic rings. The van der Waals surface area contributed by atoms with E-state index in [1.54, 1.807) is 0 Å². The molecule has 3 heteroatoms. The molecule has 1 fully saturated rings. The van der Waals surface area contributed by atoms with E-state index in [9.17, 15) is 4.79 Å². The quantitative estimate of drug-likeness (QED) is 0.675. The molecule has 1 aliphatic carbocycles. The second kappa shape index (κ2) is 8.52. The van der Waals surface area contributed by atoms with Gasteiger partial charge in [-0.2, -0.15) is 0 Å². The normalized spacial score (nSPS) is 16.4. The van der Waals surface area contributed by atoms with Crippen molar-refractivity contribution in [2.24, 2.45) is 0 Å². The van der Waals surface area contributed by atoms with Gasteiger partial charge in [-0.3, -0.25) is 4.79 Å². The number of nitrogens with zero attached hydrogens (tertiary/aromatic N) is 1. The second-order valence-electron chi connectivity index (χ2n) is 5.75. The van der Waals surface area contributed by atoms with Gasteiger partial charge >= 0.3 is 0 Å². The fourth-order valence-corrected chi connectivity index (χ4v) is 2.67. The molecule has 0 saturated heterocycles. The van der Waals surface area contributed by atoms with Gasteiger partial charge in [0.15, 0.2) is 0 Å². The molecule has 0 bridgehead atoms. The van der Waals surface area contributed by atoms with Crippen LogP contribution in [0.4, 0.5) is 0 Å². The molecule has 0 radical (unpaired) electrons. The van der Waals surface area contributed by atoms with E-state index in [0.29, 0.717) is 18.6 Å². The summed E-state index contributed by atoms with van der Waals surface area (Å²) in [6, 6.07) is 0.901. The van der Waals surface area contributed by atoms with E-state index in [0.717, 1.165) is 13.0 Å². The van der Waals surface area contributed by atoms with Crippen molar-refractivity contribution in [1.29, 1.82) is 0 Å². The van der Waals surface area contributed by atoms with E-state index >= 15 is 0 Å². The van der Waals surface area contributed by atoms with Gasteiger partial charge in [0.2, 0.25) is 5.91 Å². The molecule has 0 heterocycles. The van der Waals surface area contributed by atoms with Crippen molar-refractivity contribution >= 4 is 5.91 Å². The van der Waals surface area contributed by atoms with Crippen LogP contribution in [0.3, 0.4) is 0 Å². The van der Waals surface area contributed by atoms with Crippen molar-refractivity contribution in [3.05, 3.63) is 0 Å². The first-order chi connectivity index (χ1) is 8.65. The summed E-state index contributed by atoms with van der Waals surface area (Å²) in [5, 5.41) is 3.42. The molecule has 1 rings (SSSR count). The van der Waals surface area contributed by atoms with E-state index in [2.05, 4.69) is 26.1 Å². The summed E-state index contributed by atoms with van der Waals surface area (Å²) in [4.78, 5) is 14.2. The summed E-state index contributed by atoms with van der Waals surface area (Å²) in [5.74, 6) is 0.271. The molecule has 0 aromatic carbocycles. The molecule has 0 aliphatic heterocycles. The Labute approximate surface area is 112 Å². The minimum atomic E-state index is 0.271. The Bertz CT molecular complexity index is 235.